The van der Waals surface area contributed by atoms with Gasteiger partial charge in [0.25, 0.3) is 0 Å². The molecular formula is C18H23Cl4NO3. The van der Waals surface area contributed by atoms with E-state index in [2.05, 4.69) is 12.1 Å². The molecule has 0 aliphatic heterocycles. The molecule has 1 aromatic rings. The molecular weight excluding hydrogens is 420 g/mol. The Morgan fingerprint density at radius 2 is 1.73 bits per heavy atom. The summed E-state index contributed by atoms with van der Waals surface area (Å²) in [6, 6.07) is 3.28. The number of halogens is 4. The van der Waals surface area contributed by atoms with Crippen molar-refractivity contribution in [2.24, 2.45) is 5.16 Å². The summed E-state index contributed by atoms with van der Waals surface area (Å²) in [4.78, 5) is 5.15. The summed E-state index contributed by atoms with van der Waals surface area (Å²) in [5, 5.41) is 4.65. The van der Waals surface area contributed by atoms with Gasteiger partial charge in [-0.2, -0.15) is 0 Å². The van der Waals surface area contributed by atoms with Crippen molar-refractivity contribution in [1.29, 1.82) is 0 Å². The van der Waals surface area contributed by atoms with Crippen LogP contribution in [0.1, 0.15) is 39.0 Å². The molecule has 0 atom stereocenters. The molecule has 0 aromatic heterocycles. The monoisotopic (exact) mass is 441 g/mol. The molecule has 0 unspecified atom stereocenters. The van der Waals surface area contributed by atoms with Crippen LogP contribution < -0.4 is 9.47 Å². The number of unbranched alkanes of at least 4 members (excludes halogenated alkanes) is 3. The number of rotatable bonds is 13. The molecule has 0 bridgehead atoms. The fourth-order valence-corrected chi connectivity index (χ4v) is 2.57. The van der Waals surface area contributed by atoms with Gasteiger partial charge in [-0.25, -0.2) is 0 Å². The molecule has 0 saturated carbocycles. The second-order valence-electron chi connectivity index (χ2n) is 5.34. The van der Waals surface area contributed by atoms with E-state index in [-0.39, 0.29) is 11.1 Å². The van der Waals surface area contributed by atoms with Gasteiger partial charge >= 0.3 is 0 Å². The minimum absolute atomic E-state index is 0.139. The largest absolute Gasteiger partial charge is 0.490 e. The zero-order valence-electron chi connectivity index (χ0n) is 14.7. The summed E-state index contributed by atoms with van der Waals surface area (Å²) in [6.45, 7) is 3.44. The molecule has 1 rings (SSSR count). The Morgan fingerprint density at radius 1 is 1.04 bits per heavy atom. The maximum atomic E-state index is 6.21. The summed E-state index contributed by atoms with van der Waals surface area (Å²) in [7, 11) is 0. The van der Waals surface area contributed by atoms with E-state index in [1.807, 2.05) is 0 Å². The lowest BCUT2D eigenvalue weighted by Crippen LogP contribution is -2.00. The van der Waals surface area contributed by atoms with E-state index >= 15 is 0 Å². The van der Waals surface area contributed by atoms with Crippen LogP contribution in [0.25, 0.3) is 0 Å². The van der Waals surface area contributed by atoms with Gasteiger partial charge in [0, 0.05) is 18.3 Å². The first kappa shape index (κ1) is 23.2. The summed E-state index contributed by atoms with van der Waals surface area (Å²) >= 11 is 23.5. The van der Waals surface area contributed by atoms with Crippen molar-refractivity contribution in [3.63, 3.8) is 0 Å². The Balaban J connectivity index is 2.29. The molecule has 146 valence electrons. The summed E-state index contributed by atoms with van der Waals surface area (Å²) < 4.78 is 11.3. The smallest absolute Gasteiger partial charge is 0.156 e. The Hall–Kier alpha value is -0.810. The minimum atomic E-state index is 0.139. The van der Waals surface area contributed by atoms with E-state index in [1.165, 1.54) is 6.08 Å². The van der Waals surface area contributed by atoms with Crippen molar-refractivity contribution in [3.8, 4) is 11.5 Å². The standard InChI is InChI=1S/C18H23Cl4NO3/c1-2-3-8-23-26-10-6-4-5-9-25-18-15(19)12-14(13-16(18)20)24-11-7-17(21)22/h7-8,12-13H,2-6,9-11H2,1H3. The predicted octanol–water partition coefficient (Wildman–Crippen LogP) is 7.04. The highest BCUT2D eigenvalue weighted by Gasteiger charge is 2.10. The van der Waals surface area contributed by atoms with Gasteiger partial charge in [0.05, 0.1) is 16.7 Å². The number of ether oxygens (including phenoxy) is 2. The molecule has 0 heterocycles. The van der Waals surface area contributed by atoms with E-state index in [9.17, 15) is 0 Å². The van der Waals surface area contributed by atoms with Gasteiger partial charge in [-0.15, -0.1) is 0 Å². The molecule has 0 saturated heterocycles. The number of oxime groups is 1. The Kier molecular flexibility index (Phi) is 12.8. The molecule has 0 spiro atoms. The molecule has 1 aromatic carbocycles. The Labute approximate surface area is 175 Å². The predicted molar refractivity (Wildman–Crippen MR) is 110 cm³/mol. The first-order chi connectivity index (χ1) is 12.5. The van der Waals surface area contributed by atoms with Gasteiger partial charge in [-0.1, -0.05) is 64.9 Å². The molecule has 0 aliphatic carbocycles. The molecule has 26 heavy (non-hydrogen) atoms. The van der Waals surface area contributed by atoms with Crippen molar-refractivity contribution in [2.45, 2.75) is 39.0 Å². The fourth-order valence-electron chi connectivity index (χ4n) is 1.87. The molecule has 0 aliphatic rings. The molecule has 8 heteroatoms. The Morgan fingerprint density at radius 3 is 2.38 bits per heavy atom. The van der Waals surface area contributed by atoms with E-state index in [0.717, 1.165) is 32.1 Å². The second kappa shape index (κ2) is 14.3. The van der Waals surface area contributed by atoms with Crippen molar-refractivity contribution in [2.75, 3.05) is 19.8 Å². The number of hydrogen-bond donors (Lipinski definition) is 0. The average Bonchev–Trinajstić information content (AvgIpc) is 2.58. The third kappa shape index (κ3) is 10.4. The normalized spacial score (nSPS) is 10.8. The highest BCUT2D eigenvalue weighted by molar-refractivity contribution is 6.55. The Bertz CT molecular complexity index is 567. The highest BCUT2D eigenvalue weighted by Crippen LogP contribution is 2.37. The van der Waals surface area contributed by atoms with Crippen LogP contribution in [0, 0.1) is 0 Å². The third-order valence-electron chi connectivity index (χ3n) is 3.15. The van der Waals surface area contributed by atoms with E-state index in [4.69, 9.17) is 60.7 Å². The number of hydrogen-bond acceptors (Lipinski definition) is 4. The van der Waals surface area contributed by atoms with Crippen LogP contribution in [0.4, 0.5) is 0 Å². The lowest BCUT2D eigenvalue weighted by atomic mass is 10.2. The molecule has 4 nitrogen and oxygen atoms in total. The van der Waals surface area contributed by atoms with Crippen molar-refractivity contribution in [1.82, 2.24) is 0 Å². The van der Waals surface area contributed by atoms with Crippen molar-refractivity contribution < 1.29 is 14.3 Å². The minimum Gasteiger partial charge on any atom is -0.490 e. The zero-order valence-corrected chi connectivity index (χ0v) is 17.7. The second-order valence-corrected chi connectivity index (χ2v) is 7.16. The SMILES string of the molecule is CCCC=NOCCCCCOc1c(Cl)cc(OCC=C(Cl)Cl)cc1Cl. The van der Waals surface area contributed by atoms with Gasteiger partial charge in [0.15, 0.2) is 5.75 Å². The lowest BCUT2D eigenvalue weighted by molar-refractivity contribution is 0.139. The lowest BCUT2D eigenvalue weighted by Gasteiger charge is -2.12. The topological polar surface area (TPSA) is 40.0 Å². The van der Waals surface area contributed by atoms with Gasteiger partial charge in [-0.3, -0.25) is 0 Å². The van der Waals surface area contributed by atoms with Gasteiger partial charge < -0.3 is 14.3 Å². The van der Waals surface area contributed by atoms with Gasteiger partial charge in [0.1, 0.15) is 23.5 Å². The third-order valence-corrected chi connectivity index (χ3v) is 4.02. The van der Waals surface area contributed by atoms with E-state index < -0.39 is 0 Å². The van der Waals surface area contributed by atoms with Crippen LogP contribution in [0.2, 0.25) is 10.0 Å². The van der Waals surface area contributed by atoms with Crippen LogP contribution in [-0.4, -0.2) is 26.0 Å². The molecule has 0 amide bonds. The fraction of sp³-hybridized carbons (Fsp3) is 0.500. The summed E-state index contributed by atoms with van der Waals surface area (Å²) in [5.74, 6) is 0.964. The average molecular weight is 443 g/mol. The van der Waals surface area contributed by atoms with Crippen LogP contribution >= 0.6 is 46.4 Å². The maximum Gasteiger partial charge on any atom is 0.156 e. The van der Waals surface area contributed by atoms with Gasteiger partial charge in [0.2, 0.25) is 0 Å². The van der Waals surface area contributed by atoms with E-state index in [1.54, 1.807) is 18.3 Å². The van der Waals surface area contributed by atoms with Gasteiger partial charge in [-0.05, 0) is 31.8 Å². The highest BCUT2D eigenvalue weighted by atomic mass is 35.5. The van der Waals surface area contributed by atoms with Crippen LogP contribution in [0.3, 0.4) is 0 Å². The molecule has 0 N–H and O–H groups in total. The van der Waals surface area contributed by atoms with Crippen LogP contribution in [0.5, 0.6) is 11.5 Å². The summed E-state index contributed by atoms with van der Waals surface area (Å²) in [6.07, 6.45) is 8.07. The zero-order chi connectivity index (χ0) is 19.2. The quantitative estimate of drug-likeness (QED) is 0.187. The summed E-state index contributed by atoms with van der Waals surface area (Å²) in [5.41, 5.74) is 0. The first-order valence-electron chi connectivity index (χ1n) is 8.44. The molecule has 0 fully saturated rings. The van der Waals surface area contributed by atoms with Crippen LogP contribution in [-0.2, 0) is 4.84 Å². The number of nitrogens with zero attached hydrogens (tertiary/aromatic N) is 1. The van der Waals surface area contributed by atoms with Crippen LogP contribution in [0.15, 0.2) is 27.9 Å². The number of benzene rings is 1. The first-order valence-corrected chi connectivity index (χ1v) is 9.95. The van der Waals surface area contributed by atoms with E-state index in [0.29, 0.717) is 34.8 Å². The van der Waals surface area contributed by atoms with Crippen molar-refractivity contribution >= 4 is 52.6 Å². The molecule has 0 radical (unpaired) electrons. The maximum absolute atomic E-state index is 6.21. The van der Waals surface area contributed by atoms with Crippen molar-refractivity contribution in [3.05, 3.63) is 32.7 Å².